The zero-order chi connectivity index (χ0) is 21.7. The maximum atomic E-state index is 12.8. The van der Waals surface area contributed by atoms with E-state index in [-0.39, 0.29) is 12.0 Å². The average Bonchev–Trinajstić information content (AvgIpc) is 3.13. The number of urea groups is 1. The number of amides is 2. The van der Waals surface area contributed by atoms with Gasteiger partial charge in [0.2, 0.25) is 0 Å². The smallest absolute Gasteiger partial charge is 0.340 e. The second kappa shape index (κ2) is 7.10. The second-order valence-electron chi connectivity index (χ2n) is 7.96. The van der Waals surface area contributed by atoms with Gasteiger partial charge in [-0.2, -0.15) is 0 Å². The molecule has 32 heavy (non-hydrogen) atoms. The number of fused-ring (bicyclic) bond motifs is 6. The molecule has 2 amide bonds. The van der Waals surface area contributed by atoms with Crippen LogP contribution in [0.25, 0.3) is 0 Å². The van der Waals surface area contributed by atoms with Crippen molar-refractivity contribution < 1.29 is 23.8 Å². The van der Waals surface area contributed by atoms with Gasteiger partial charge >= 0.3 is 12.0 Å². The average molecular weight is 428 g/mol. The number of para-hydroxylation sites is 1. The van der Waals surface area contributed by atoms with Crippen LogP contribution in [0.1, 0.15) is 27.0 Å². The highest BCUT2D eigenvalue weighted by Crippen LogP contribution is 2.56. The summed E-state index contributed by atoms with van der Waals surface area (Å²) in [6, 6.07) is 20.2. The third-order valence-electron chi connectivity index (χ3n) is 6.17. The van der Waals surface area contributed by atoms with Gasteiger partial charge < -0.3 is 24.4 Å². The summed E-state index contributed by atoms with van der Waals surface area (Å²) in [7, 11) is 0. The lowest BCUT2D eigenvalue weighted by Crippen LogP contribution is -2.43. The van der Waals surface area contributed by atoms with Gasteiger partial charge in [0, 0.05) is 41.5 Å². The number of esters is 1. The molecule has 1 N–H and O–H groups in total. The van der Waals surface area contributed by atoms with Crippen LogP contribution in [0.15, 0.2) is 66.7 Å². The molecule has 0 radical (unpaired) electrons. The molecule has 1 saturated heterocycles. The number of hydrogen-bond acceptors (Lipinski definition) is 5. The molecule has 7 nitrogen and oxygen atoms in total. The third-order valence-corrected chi connectivity index (χ3v) is 6.17. The van der Waals surface area contributed by atoms with Gasteiger partial charge in [0.1, 0.15) is 11.5 Å². The van der Waals surface area contributed by atoms with Crippen molar-refractivity contribution in [3.8, 4) is 11.5 Å². The predicted octanol–water partition coefficient (Wildman–Crippen LogP) is 4.12. The van der Waals surface area contributed by atoms with Crippen molar-refractivity contribution in [1.82, 2.24) is 4.90 Å². The number of benzene rings is 3. The summed E-state index contributed by atoms with van der Waals surface area (Å²) < 4.78 is 17.6. The van der Waals surface area contributed by atoms with E-state index in [1.807, 2.05) is 54.6 Å². The number of nitrogens with zero attached hydrogens (tertiary/aromatic N) is 1. The molecule has 3 aliphatic heterocycles. The lowest BCUT2D eigenvalue weighted by Gasteiger charge is -2.36. The lowest BCUT2D eigenvalue weighted by atomic mass is 9.77. The molecule has 1 atom stereocenters. The Hall–Kier alpha value is -3.84. The molecule has 160 valence electrons. The zero-order valence-corrected chi connectivity index (χ0v) is 17.2. The fraction of sp³-hybridized carbons (Fsp3) is 0.200. The summed E-state index contributed by atoms with van der Waals surface area (Å²) in [4.78, 5) is 27.2. The van der Waals surface area contributed by atoms with E-state index in [0.717, 1.165) is 16.7 Å². The SMILES string of the molecule is O=C1OC2(c3ccccc3Oc3cc(NC(=O)N4CCOCC4)ccc32)c2ccccc21. The maximum absolute atomic E-state index is 12.8. The number of nitrogens with one attached hydrogen (secondary N) is 1. The Morgan fingerprint density at radius 2 is 1.59 bits per heavy atom. The van der Waals surface area contributed by atoms with E-state index < -0.39 is 5.60 Å². The third kappa shape index (κ3) is 2.71. The molecule has 3 aromatic rings. The molecule has 0 aromatic heterocycles. The first kappa shape index (κ1) is 18.9. The molecule has 1 fully saturated rings. The van der Waals surface area contributed by atoms with Gasteiger partial charge in [-0.25, -0.2) is 9.59 Å². The van der Waals surface area contributed by atoms with Crippen molar-refractivity contribution in [1.29, 1.82) is 0 Å². The van der Waals surface area contributed by atoms with Crippen molar-refractivity contribution in [3.63, 3.8) is 0 Å². The first-order valence-electron chi connectivity index (χ1n) is 10.6. The molecule has 3 heterocycles. The van der Waals surface area contributed by atoms with Crippen LogP contribution in [-0.2, 0) is 15.1 Å². The Morgan fingerprint density at radius 3 is 2.44 bits per heavy atom. The Bertz CT molecular complexity index is 1250. The van der Waals surface area contributed by atoms with Crippen molar-refractivity contribution in [3.05, 3.63) is 89.0 Å². The van der Waals surface area contributed by atoms with Gasteiger partial charge in [-0.15, -0.1) is 0 Å². The van der Waals surface area contributed by atoms with Crippen LogP contribution in [-0.4, -0.2) is 43.2 Å². The first-order chi connectivity index (χ1) is 15.7. The highest BCUT2D eigenvalue weighted by Gasteiger charge is 2.53. The topological polar surface area (TPSA) is 77.1 Å². The molecule has 0 aliphatic carbocycles. The maximum Gasteiger partial charge on any atom is 0.340 e. The lowest BCUT2D eigenvalue weighted by molar-refractivity contribution is 0.0224. The quantitative estimate of drug-likeness (QED) is 0.590. The molecule has 3 aromatic carbocycles. The normalized spacial score (nSPS) is 20.6. The van der Waals surface area contributed by atoms with E-state index in [9.17, 15) is 9.59 Å². The molecular formula is C25H20N2O5. The minimum Gasteiger partial charge on any atom is -0.456 e. The molecule has 0 bridgehead atoms. The van der Waals surface area contributed by atoms with E-state index >= 15 is 0 Å². The number of carbonyl (C=O) groups excluding carboxylic acids is 2. The number of rotatable bonds is 1. The number of morpholine rings is 1. The van der Waals surface area contributed by atoms with Crippen LogP contribution >= 0.6 is 0 Å². The van der Waals surface area contributed by atoms with Crippen LogP contribution in [0, 0.1) is 0 Å². The van der Waals surface area contributed by atoms with Gasteiger partial charge in [-0.3, -0.25) is 0 Å². The van der Waals surface area contributed by atoms with Gasteiger partial charge in [0.15, 0.2) is 5.60 Å². The van der Waals surface area contributed by atoms with Crippen LogP contribution < -0.4 is 10.1 Å². The molecular weight excluding hydrogens is 408 g/mol. The van der Waals surface area contributed by atoms with E-state index in [1.54, 1.807) is 17.0 Å². The minimum atomic E-state index is -1.09. The Morgan fingerprint density at radius 1 is 0.875 bits per heavy atom. The van der Waals surface area contributed by atoms with Gasteiger partial charge in [-0.05, 0) is 24.3 Å². The summed E-state index contributed by atoms with van der Waals surface area (Å²) >= 11 is 0. The number of hydrogen-bond donors (Lipinski definition) is 1. The van der Waals surface area contributed by atoms with Crippen molar-refractivity contribution in [2.45, 2.75) is 5.60 Å². The fourth-order valence-corrected chi connectivity index (χ4v) is 4.67. The number of ether oxygens (including phenoxy) is 3. The predicted molar refractivity (Wildman–Crippen MR) is 116 cm³/mol. The van der Waals surface area contributed by atoms with Gasteiger partial charge in [0.05, 0.1) is 18.8 Å². The summed E-state index contributed by atoms with van der Waals surface area (Å²) in [6.07, 6.45) is 0. The van der Waals surface area contributed by atoms with Crippen LogP contribution in [0.3, 0.4) is 0 Å². The zero-order valence-electron chi connectivity index (χ0n) is 17.2. The Kier molecular flexibility index (Phi) is 4.19. The van der Waals surface area contributed by atoms with E-state index in [2.05, 4.69) is 5.32 Å². The largest absolute Gasteiger partial charge is 0.456 e. The highest BCUT2D eigenvalue weighted by molar-refractivity contribution is 5.97. The summed E-state index contributed by atoms with van der Waals surface area (Å²) in [5, 5.41) is 2.94. The van der Waals surface area contributed by atoms with Gasteiger partial charge in [0.25, 0.3) is 0 Å². The monoisotopic (exact) mass is 428 g/mol. The van der Waals surface area contributed by atoms with Gasteiger partial charge in [-0.1, -0.05) is 36.4 Å². The van der Waals surface area contributed by atoms with Crippen molar-refractivity contribution >= 4 is 17.7 Å². The first-order valence-corrected chi connectivity index (χ1v) is 10.6. The Labute approximate surface area is 184 Å². The van der Waals surface area contributed by atoms with Crippen LogP contribution in [0.2, 0.25) is 0 Å². The minimum absolute atomic E-state index is 0.184. The van der Waals surface area contributed by atoms with Crippen molar-refractivity contribution in [2.24, 2.45) is 0 Å². The Balaban J connectivity index is 1.44. The van der Waals surface area contributed by atoms with Crippen LogP contribution in [0.5, 0.6) is 11.5 Å². The highest BCUT2D eigenvalue weighted by atomic mass is 16.6. The van der Waals surface area contributed by atoms with Crippen LogP contribution in [0.4, 0.5) is 10.5 Å². The molecule has 1 spiro atoms. The van der Waals surface area contributed by atoms with E-state index in [4.69, 9.17) is 14.2 Å². The number of carbonyl (C=O) groups is 2. The number of anilines is 1. The molecule has 6 rings (SSSR count). The summed E-state index contributed by atoms with van der Waals surface area (Å²) in [6.45, 7) is 2.17. The van der Waals surface area contributed by atoms with E-state index in [1.165, 1.54) is 0 Å². The van der Waals surface area contributed by atoms with E-state index in [0.29, 0.717) is 49.1 Å². The molecule has 3 aliphatic rings. The summed E-state index contributed by atoms with van der Waals surface area (Å²) in [5.41, 5.74) is 2.33. The molecule has 1 unspecified atom stereocenters. The standard InChI is InChI=1S/C25H20N2O5/c28-23-17-5-1-2-6-18(17)25(32-23)19-7-3-4-8-21(19)31-22-15-16(9-10-20(22)25)26-24(29)27-11-13-30-14-12-27/h1-10,15H,11-14H2,(H,26,29). The summed E-state index contributed by atoms with van der Waals surface area (Å²) in [5.74, 6) is 0.780. The molecule has 7 heteroatoms. The van der Waals surface area contributed by atoms with Crippen molar-refractivity contribution in [2.75, 3.05) is 31.6 Å². The molecule has 0 saturated carbocycles. The second-order valence-corrected chi connectivity index (χ2v) is 7.96. The fourth-order valence-electron chi connectivity index (χ4n) is 4.67.